The van der Waals surface area contributed by atoms with Gasteiger partial charge in [0, 0.05) is 13.6 Å². The second kappa shape index (κ2) is 6.32. The maximum Gasteiger partial charge on any atom is 0.257 e. The maximum atomic E-state index is 12.2. The van der Waals surface area contributed by atoms with Crippen molar-refractivity contribution in [2.45, 2.75) is 13.1 Å². The van der Waals surface area contributed by atoms with Gasteiger partial charge in [-0.05, 0) is 23.8 Å². The van der Waals surface area contributed by atoms with E-state index in [9.17, 15) is 9.90 Å². The van der Waals surface area contributed by atoms with Gasteiger partial charge in [0.15, 0.2) is 11.5 Å². The van der Waals surface area contributed by atoms with E-state index in [2.05, 4.69) is 0 Å². The molecule has 0 bridgehead atoms. The Balaban J connectivity index is 2.10. The molecule has 112 valence electrons. The third-order valence-corrected chi connectivity index (χ3v) is 3.11. The molecule has 1 aromatic heterocycles. The zero-order valence-corrected chi connectivity index (χ0v) is 12.0. The van der Waals surface area contributed by atoms with Crippen LogP contribution in [0.1, 0.15) is 21.7 Å². The van der Waals surface area contributed by atoms with Gasteiger partial charge >= 0.3 is 0 Å². The van der Waals surface area contributed by atoms with E-state index < -0.39 is 0 Å². The van der Waals surface area contributed by atoms with Gasteiger partial charge < -0.3 is 24.9 Å². The quantitative estimate of drug-likeness (QED) is 0.875. The monoisotopic (exact) mass is 290 g/mol. The molecule has 21 heavy (non-hydrogen) atoms. The van der Waals surface area contributed by atoms with Gasteiger partial charge in [-0.15, -0.1) is 0 Å². The molecule has 1 aromatic carbocycles. The van der Waals surface area contributed by atoms with Crippen LogP contribution >= 0.6 is 0 Å². The number of nitrogens with two attached hydrogens (primary N) is 1. The molecule has 0 atom stereocenters. The van der Waals surface area contributed by atoms with Crippen LogP contribution < -0.4 is 10.5 Å². The molecule has 2 rings (SSSR count). The van der Waals surface area contributed by atoms with E-state index in [-0.39, 0.29) is 18.2 Å². The molecular weight excluding hydrogens is 272 g/mol. The Bertz CT molecular complexity index is 636. The fourth-order valence-corrected chi connectivity index (χ4v) is 1.99. The summed E-state index contributed by atoms with van der Waals surface area (Å²) in [6, 6.07) is 6.61. The van der Waals surface area contributed by atoms with E-state index in [1.54, 1.807) is 30.1 Å². The predicted molar refractivity (Wildman–Crippen MR) is 77.1 cm³/mol. The summed E-state index contributed by atoms with van der Waals surface area (Å²) < 4.78 is 10.2. The van der Waals surface area contributed by atoms with Crippen LogP contribution in [0, 0.1) is 0 Å². The molecule has 1 heterocycles. The van der Waals surface area contributed by atoms with E-state index in [0.29, 0.717) is 23.6 Å². The number of phenolic OH excluding ortho intramolecular Hbond substituents is 1. The van der Waals surface area contributed by atoms with Crippen LogP contribution in [-0.2, 0) is 13.1 Å². The van der Waals surface area contributed by atoms with Crippen LogP contribution in [0.3, 0.4) is 0 Å². The van der Waals surface area contributed by atoms with Crippen molar-refractivity contribution in [3.05, 3.63) is 47.4 Å². The number of aromatic hydroxyl groups is 1. The van der Waals surface area contributed by atoms with Gasteiger partial charge in [0.2, 0.25) is 0 Å². The normalized spacial score (nSPS) is 10.4. The second-order valence-corrected chi connectivity index (χ2v) is 4.67. The Morgan fingerprint density at radius 3 is 2.81 bits per heavy atom. The summed E-state index contributed by atoms with van der Waals surface area (Å²) in [6.45, 7) is 0.644. The molecule has 0 unspecified atom stereocenters. The van der Waals surface area contributed by atoms with Crippen molar-refractivity contribution in [1.29, 1.82) is 0 Å². The van der Waals surface area contributed by atoms with Crippen molar-refractivity contribution < 1.29 is 19.1 Å². The van der Waals surface area contributed by atoms with E-state index >= 15 is 0 Å². The lowest BCUT2D eigenvalue weighted by atomic mass is 10.2. The minimum Gasteiger partial charge on any atom is -0.504 e. The van der Waals surface area contributed by atoms with E-state index in [1.165, 1.54) is 19.4 Å². The molecule has 0 saturated heterocycles. The molecule has 6 heteroatoms. The van der Waals surface area contributed by atoms with Crippen LogP contribution in [-0.4, -0.2) is 30.1 Å². The summed E-state index contributed by atoms with van der Waals surface area (Å²) in [7, 11) is 3.17. The Kier molecular flexibility index (Phi) is 4.49. The average Bonchev–Trinajstić information content (AvgIpc) is 2.97. The first-order chi connectivity index (χ1) is 10.0. The molecule has 3 N–H and O–H groups in total. The standard InChI is InChI=1S/C15H18N2O4/c1-17(15(19)11-6-12(7-16)21-9-11)8-10-3-4-13(18)14(5-10)20-2/h3-6,9,18H,7-8,16H2,1-2H3. The van der Waals surface area contributed by atoms with Crippen molar-refractivity contribution >= 4 is 5.91 Å². The molecule has 0 radical (unpaired) electrons. The van der Waals surface area contributed by atoms with Gasteiger partial charge in [0.05, 0.1) is 19.2 Å². The summed E-state index contributed by atoms with van der Waals surface area (Å²) >= 11 is 0. The minimum atomic E-state index is -0.162. The number of hydrogen-bond acceptors (Lipinski definition) is 5. The number of methoxy groups -OCH3 is 1. The molecular formula is C15H18N2O4. The van der Waals surface area contributed by atoms with Crippen LogP contribution in [0.4, 0.5) is 0 Å². The smallest absolute Gasteiger partial charge is 0.257 e. The number of amides is 1. The average molecular weight is 290 g/mol. The number of furan rings is 1. The molecule has 6 nitrogen and oxygen atoms in total. The largest absolute Gasteiger partial charge is 0.504 e. The van der Waals surface area contributed by atoms with Crippen molar-refractivity contribution in [1.82, 2.24) is 4.90 Å². The molecule has 1 amide bonds. The topological polar surface area (TPSA) is 88.9 Å². The predicted octanol–water partition coefficient (Wildman–Crippen LogP) is 1.72. The fourth-order valence-electron chi connectivity index (χ4n) is 1.99. The molecule has 0 spiro atoms. The van der Waals surface area contributed by atoms with Crippen molar-refractivity contribution in [3.63, 3.8) is 0 Å². The second-order valence-electron chi connectivity index (χ2n) is 4.67. The number of ether oxygens (including phenoxy) is 1. The SMILES string of the molecule is COc1cc(CN(C)C(=O)c2coc(CN)c2)ccc1O. The first-order valence-corrected chi connectivity index (χ1v) is 6.44. The molecule has 0 aliphatic rings. The fraction of sp³-hybridized carbons (Fsp3) is 0.267. The van der Waals surface area contributed by atoms with E-state index in [1.807, 2.05) is 0 Å². The third-order valence-electron chi connectivity index (χ3n) is 3.11. The highest BCUT2D eigenvalue weighted by Gasteiger charge is 2.15. The van der Waals surface area contributed by atoms with Crippen molar-refractivity contribution in [3.8, 4) is 11.5 Å². The van der Waals surface area contributed by atoms with Gasteiger partial charge in [-0.1, -0.05) is 6.07 Å². The molecule has 2 aromatic rings. The highest BCUT2D eigenvalue weighted by molar-refractivity contribution is 5.93. The summed E-state index contributed by atoms with van der Waals surface area (Å²) in [5.74, 6) is 0.850. The number of carbonyl (C=O) groups excluding carboxylic acids is 1. The van der Waals surface area contributed by atoms with Crippen molar-refractivity contribution in [2.75, 3.05) is 14.2 Å². The number of hydrogen-bond donors (Lipinski definition) is 2. The number of carbonyl (C=O) groups is 1. The Morgan fingerprint density at radius 1 is 1.43 bits per heavy atom. The Labute approximate surface area is 122 Å². The van der Waals surface area contributed by atoms with Gasteiger partial charge in [-0.25, -0.2) is 0 Å². The summed E-state index contributed by atoms with van der Waals surface area (Å²) in [6.07, 6.45) is 1.40. The lowest BCUT2D eigenvalue weighted by Gasteiger charge is -2.17. The van der Waals surface area contributed by atoms with Gasteiger partial charge in [-0.2, -0.15) is 0 Å². The number of rotatable bonds is 5. The summed E-state index contributed by atoms with van der Waals surface area (Å²) in [5.41, 5.74) is 6.76. The Hall–Kier alpha value is -2.47. The number of benzene rings is 1. The van der Waals surface area contributed by atoms with Crippen LogP contribution in [0.25, 0.3) is 0 Å². The maximum absolute atomic E-state index is 12.2. The zero-order valence-electron chi connectivity index (χ0n) is 12.0. The Morgan fingerprint density at radius 2 is 2.19 bits per heavy atom. The number of nitrogens with zero attached hydrogens (tertiary/aromatic N) is 1. The highest BCUT2D eigenvalue weighted by Crippen LogP contribution is 2.26. The summed E-state index contributed by atoms with van der Waals surface area (Å²) in [4.78, 5) is 13.8. The first kappa shape index (κ1) is 14.9. The lowest BCUT2D eigenvalue weighted by molar-refractivity contribution is 0.0784. The van der Waals surface area contributed by atoms with E-state index in [0.717, 1.165) is 5.56 Å². The first-order valence-electron chi connectivity index (χ1n) is 6.44. The van der Waals surface area contributed by atoms with E-state index in [4.69, 9.17) is 14.9 Å². The number of phenols is 1. The van der Waals surface area contributed by atoms with Gasteiger partial charge in [0.1, 0.15) is 12.0 Å². The lowest BCUT2D eigenvalue weighted by Crippen LogP contribution is -2.25. The van der Waals surface area contributed by atoms with Crippen LogP contribution in [0.15, 0.2) is 34.9 Å². The van der Waals surface area contributed by atoms with Crippen LogP contribution in [0.2, 0.25) is 0 Å². The van der Waals surface area contributed by atoms with Gasteiger partial charge in [0.25, 0.3) is 5.91 Å². The minimum absolute atomic E-state index is 0.0673. The molecule has 0 saturated carbocycles. The molecule has 0 aliphatic heterocycles. The van der Waals surface area contributed by atoms with Gasteiger partial charge in [-0.3, -0.25) is 4.79 Å². The zero-order chi connectivity index (χ0) is 15.4. The third kappa shape index (κ3) is 3.35. The molecule has 0 fully saturated rings. The highest BCUT2D eigenvalue weighted by atomic mass is 16.5. The van der Waals surface area contributed by atoms with Crippen LogP contribution in [0.5, 0.6) is 11.5 Å². The van der Waals surface area contributed by atoms with Crippen molar-refractivity contribution in [2.24, 2.45) is 5.73 Å². The summed E-state index contributed by atoms with van der Waals surface area (Å²) in [5, 5.41) is 9.56. The molecule has 0 aliphatic carbocycles.